The monoisotopic (exact) mass is 387 g/mol. The summed E-state index contributed by atoms with van der Waals surface area (Å²) in [7, 11) is -2.01. The Morgan fingerprint density at radius 2 is 1.78 bits per heavy atom. The molecule has 0 aliphatic heterocycles. The van der Waals surface area contributed by atoms with Gasteiger partial charge in [-0.3, -0.25) is 0 Å². The third-order valence-corrected chi connectivity index (χ3v) is 6.06. The molecule has 0 aliphatic carbocycles. The summed E-state index contributed by atoms with van der Waals surface area (Å²) in [6, 6.07) is 16.2. The Morgan fingerprint density at radius 3 is 2.52 bits per heavy atom. The Bertz CT molecular complexity index is 987. The summed E-state index contributed by atoms with van der Waals surface area (Å²) in [5, 5.41) is 3.89. The van der Waals surface area contributed by atoms with Crippen molar-refractivity contribution in [1.82, 2.24) is 14.4 Å². The number of likely N-dealkylation sites (N-methyl/N-ethyl adjacent to an activating group) is 1. The predicted molar refractivity (Wildman–Crippen MR) is 99.8 cm³/mol. The lowest BCUT2D eigenvalue weighted by molar-refractivity contribution is 0.242. The van der Waals surface area contributed by atoms with E-state index >= 15 is 0 Å². The van der Waals surface area contributed by atoms with Crippen LogP contribution in [0.4, 0.5) is 0 Å². The Kier molecular flexibility index (Phi) is 5.88. The van der Waals surface area contributed by atoms with Crippen LogP contribution in [0.5, 0.6) is 5.75 Å². The summed E-state index contributed by atoms with van der Waals surface area (Å²) in [5.74, 6) is 1.49. The van der Waals surface area contributed by atoms with Crippen LogP contribution in [0.3, 0.4) is 0 Å². The summed E-state index contributed by atoms with van der Waals surface area (Å²) in [6.07, 6.45) is 0.344. The van der Waals surface area contributed by atoms with Crippen LogP contribution in [0.2, 0.25) is 0 Å². The maximum absolute atomic E-state index is 12.7. The van der Waals surface area contributed by atoms with E-state index in [9.17, 15) is 8.42 Å². The number of para-hydroxylation sites is 1. The molecule has 0 amide bonds. The second-order valence-electron chi connectivity index (χ2n) is 6.05. The molecule has 3 rings (SSSR count). The third-order valence-electron chi connectivity index (χ3n) is 4.05. The average molecular weight is 387 g/mol. The highest BCUT2D eigenvalue weighted by atomic mass is 32.2. The Hall–Kier alpha value is -2.71. The molecule has 27 heavy (non-hydrogen) atoms. The fraction of sp³-hybridized carbons (Fsp3) is 0.263. The lowest BCUT2D eigenvalue weighted by Gasteiger charge is -2.17. The number of aryl methyl sites for hydroxylation is 1. The predicted octanol–water partition coefficient (Wildman–Crippen LogP) is 2.82. The molecule has 0 radical (unpaired) electrons. The maximum atomic E-state index is 12.7. The molecule has 0 spiro atoms. The fourth-order valence-electron chi connectivity index (χ4n) is 2.50. The zero-order valence-electron chi connectivity index (χ0n) is 15.2. The Labute approximate surface area is 158 Å². The van der Waals surface area contributed by atoms with Gasteiger partial charge in [0.1, 0.15) is 5.75 Å². The van der Waals surface area contributed by atoms with E-state index in [1.807, 2.05) is 36.4 Å². The van der Waals surface area contributed by atoms with Crippen LogP contribution in [0.25, 0.3) is 0 Å². The van der Waals surface area contributed by atoms with Crippen molar-refractivity contribution in [2.45, 2.75) is 24.8 Å². The van der Waals surface area contributed by atoms with Crippen LogP contribution < -0.4 is 4.74 Å². The van der Waals surface area contributed by atoms with Gasteiger partial charge in [0.05, 0.1) is 4.90 Å². The maximum Gasteiger partial charge on any atom is 0.264 e. The molecule has 0 aliphatic rings. The number of hydrogen-bond acceptors (Lipinski definition) is 6. The standard InChI is InChI=1S/C19H21N3O4S/c1-15-8-6-7-11-17(15)27(23,24)22(2)13-12-18-20-19(26-21-18)14-25-16-9-4-3-5-10-16/h3-11H,12-14H2,1-2H3. The van der Waals surface area contributed by atoms with Gasteiger partial charge in [-0.05, 0) is 30.7 Å². The highest BCUT2D eigenvalue weighted by Crippen LogP contribution is 2.18. The van der Waals surface area contributed by atoms with Gasteiger partial charge in [-0.25, -0.2) is 12.7 Å². The summed E-state index contributed by atoms with van der Waals surface area (Å²) in [5.41, 5.74) is 0.712. The number of aromatic nitrogens is 2. The van der Waals surface area contributed by atoms with Gasteiger partial charge in [0.25, 0.3) is 5.89 Å². The minimum atomic E-state index is -3.56. The van der Waals surface area contributed by atoms with Crippen LogP contribution in [0, 0.1) is 6.92 Å². The smallest absolute Gasteiger partial charge is 0.264 e. The quantitative estimate of drug-likeness (QED) is 0.591. The van der Waals surface area contributed by atoms with Gasteiger partial charge < -0.3 is 9.26 Å². The van der Waals surface area contributed by atoms with Crippen molar-refractivity contribution in [3.63, 3.8) is 0 Å². The lowest BCUT2D eigenvalue weighted by Crippen LogP contribution is -2.29. The van der Waals surface area contributed by atoms with Crippen molar-refractivity contribution in [3.05, 3.63) is 71.9 Å². The van der Waals surface area contributed by atoms with Crippen molar-refractivity contribution >= 4 is 10.0 Å². The average Bonchev–Trinajstić information content (AvgIpc) is 3.13. The van der Waals surface area contributed by atoms with E-state index in [1.54, 1.807) is 32.2 Å². The molecule has 0 fully saturated rings. The summed E-state index contributed by atoms with van der Waals surface area (Å²) in [4.78, 5) is 4.55. The number of sulfonamides is 1. The van der Waals surface area contributed by atoms with E-state index < -0.39 is 10.0 Å². The number of nitrogens with zero attached hydrogens (tertiary/aromatic N) is 3. The molecule has 2 aromatic carbocycles. The minimum absolute atomic E-state index is 0.161. The van der Waals surface area contributed by atoms with Crippen LogP contribution in [-0.2, 0) is 23.1 Å². The van der Waals surface area contributed by atoms with E-state index in [0.717, 1.165) is 0 Å². The molecule has 1 aromatic heterocycles. The first-order valence-corrected chi connectivity index (χ1v) is 9.92. The van der Waals surface area contributed by atoms with Crippen molar-refractivity contribution in [1.29, 1.82) is 0 Å². The van der Waals surface area contributed by atoms with Crippen LogP contribution >= 0.6 is 0 Å². The first kappa shape index (κ1) is 19.1. The Morgan fingerprint density at radius 1 is 1.07 bits per heavy atom. The van der Waals surface area contributed by atoms with Gasteiger partial charge in [0.15, 0.2) is 12.4 Å². The number of rotatable bonds is 8. The van der Waals surface area contributed by atoms with Gasteiger partial charge in [0, 0.05) is 20.0 Å². The second kappa shape index (κ2) is 8.32. The molecule has 8 heteroatoms. The normalized spacial score (nSPS) is 11.7. The van der Waals surface area contributed by atoms with Crippen LogP contribution in [0.15, 0.2) is 64.0 Å². The first-order chi connectivity index (χ1) is 13.0. The number of ether oxygens (including phenoxy) is 1. The van der Waals surface area contributed by atoms with Crippen LogP contribution in [-0.4, -0.2) is 36.5 Å². The van der Waals surface area contributed by atoms with Crippen molar-refractivity contribution in [2.75, 3.05) is 13.6 Å². The molecule has 0 atom stereocenters. The molecule has 0 saturated heterocycles. The van der Waals surface area contributed by atoms with Crippen molar-refractivity contribution in [2.24, 2.45) is 0 Å². The van der Waals surface area contributed by atoms with Crippen molar-refractivity contribution in [3.8, 4) is 5.75 Å². The molecular weight excluding hydrogens is 366 g/mol. The second-order valence-corrected chi connectivity index (χ2v) is 8.06. The lowest BCUT2D eigenvalue weighted by atomic mass is 10.2. The Balaban J connectivity index is 1.57. The molecule has 0 saturated carbocycles. The van der Waals surface area contributed by atoms with Gasteiger partial charge in [-0.1, -0.05) is 41.6 Å². The van der Waals surface area contributed by atoms with E-state index in [-0.39, 0.29) is 13.2 Å². The third kappa shape index (κ3) is 4.72. The fourth-order valence-corrected chi connectivity index (χ4v) is 3.90. The van der Waals surface area contributed by atoms with Crippen LogP contribution in [0.1, 0.15) is 17.3 Å². The van der Waals surface area contributed by atoms with Crippen molar-refractivity contribution < 1.29 is 17.7 Å². The largest absolute Gasteiger partial charge is 0.484 e. The summed E-state index contributed by atoms with van der Waals surface area (Å²) in [6.45, 7) is 2.18. The topological polar surface area (TPSA) is 85.5 Å². The molecule has 0 N–H and O–H groups in total. The van der Waals surface area contributed by atoms with E-state index in [0.29, 0.717) is 34.3 Å². The molecule has 0 unspecified atom stereocenters. The van der Waals surface area contributed by atoms with Gasteiger partial charge in [-0.15, -0.1) is 0 Å². The number of benzene rings is 2. The SMILES string of the molecule is Cc1ccccc1S(=O)(=O)N(C)CCc1noc(COc2ccccc2)n1. The van der Waals surface area contributed by atoms with Gasteiger partial charge in [0.2, 0.25) is 10.0 Å². The molecule has 7 nitrogen and oxygen atoms in total. The molecular formula is C19H21N3O4S. The first-order valence-electron chi connectivity index (χ1n) is 8.48. The highest BCUT2D eigenvalue weighted by Gasteiger charge is 2.22. The summed E-state index contributed by atoms with van der Waals surface area (Å²) >= 11 is 0. The van der Waals surface area contributed by atoms with Gasteiger partial charge >= 0.3 is 0 Å². The zero-order chi connectivity index (χ0) is 19.3. The zero-order valence-corrected chi connectivity index (χ0v) is 16.0. The summed E-state index contributed by atoms with van der Waals surface area (Å²) < 4.78 is 37.4. The molecule has 3 aromatic rings. The van der Waals surface area contributed by atoms with E-state index in [4.69, 9.17) is 9.26 Å². The molecule has 1 heterocycles. The van der Waals surface area contributed by atoms with Gasteiger partial charge in [-0.2, -0.15) is 4.98 Å². The minimum Gasteiger partial charge on any atom is -0.484 e. The molecule has 142 valence electrons. The highest BCUT2D eigenvalue weighted by molar-refractivity contribution is 7.89. The van der Waals surface area contributed by atoms with E-state index in [1.165, 1.54) is 4.31 Å². The number of hydrogen-bond donors (Lipinski definition) is 0. The van der Waals surface area contributed by atoms with E-state index in [2.05, 4.69) is 10.1 Å². The molecule has 0 bridgehead atoms.